The first-order valence-corrected chi connectivity index (χ1v) is 4.40. The van der Waals surface area contributed by atoms with Crippen molar-refractivity contribution in [3.8, 4) is 0 Å². The summed E-state index contributed by atoms with van der Waals surface area (Å²) in [6.07, 6.45) is 1.12. The Morgan fingerprint density at radius 2 is 2.19 bits per heavy atom. The smallest absolute Gasteiger partial charge is 0.287 e. The first-order chi connectivity index (χ1) is 7.44. The van der Waals surface area contributed by atoms with Gasteiger partial charge in [-0.3, -0.25) is 9.59 Å². The molecule has 1 heterocycles. The number of pyridine rings is 1. The number of aromatic amines is 1. The van der Waals surface area contributed by atoms with E-state index in [4.69, 9.17) is 5.11 Å². The Labute approximate surface area is 89.1 Å². The highest BCUT2D eigenvalue weighted by molar-refractivity contribution is 5.93. The molecule has 0 aliphatic heterocycles. The molecule has 0 saturated carbocycles. The number of amides is 1. The standard InChI is InChI=1S/C9H10F2N2O3/c10-9(11,5-14)4-13-8(16)6-1-2-7(15)12-3-6/h1-3,14H,4-5H2,(H,12,15)(H,13,16). The van der Waals surface area contributed by atoms with Crippen molar-refractivity contribution in [1.29, 1.82) is 0 Å². The third kappa shape index (κ3) is 3.43. The van der Waals surface area contributed by atoms with Crippen LogP contribution in [0.5, 0.6) is 0 Å². The maximum atomic E-state index is 12.6. The molecule has 0 radical (unpaired) electrons. The molecule has 0 bridgehead atoms. The van der Waals surface area contributed by atoms with E-state index in [-0.39, 0.29) is 5.56 Å². The molecule has 0 unspecified atom stereocenters. The Morgan fingerprint density at radius 1 is 1.50 bits per heavy atom. The first kappa shape index (κ1) is 12.3. The molecule has 0 aliphatic carbocycles. The number of halogens is 2. The molecule has 1 amide bonds. The molecular weight excluding hydrogens is 222 g/mol. The van der Waals surface area contributed by atoms with Gasteiger partial charge in [0.1, 0.15) is 6.61 Å². The molecule has 1 aromatic rings. The summed E-state index contributed by atoms with van der Waals surface area (Å²) in [4.78, 5) is 24.2. The fraction of sp³-hybridized carbons (Fsp3) is 0.333. The number of carbonyl (C=O) groups is 1. The third-order valence-electron chi connectivity index (χ3n) is 1.79. The maximum Gasteiger partial charge on any atom is 0.287 e. The Hall–Kier alpha value is -1.76. The molecule has 5 nitrogen and oxygen atoms in total. The summed E-state index contributed by atoms with van der Waals surface area (Å²) in [5, 5.41) is 10.2. The minimum Gasteiger partial charge on any atom is -0.390 e. The SMILES string of the molecule is O=C(NCC(F)(F)CO)c1ccc(=O)[nH]c1. The van der Waals surface area contributed by atoms with Crippen LogP contribution in [0.25, 0.3) is 0 Å². The summed E-state index contributed by atoms with van der Waals surface area (Å²) >= 11 is 0. The molecule has 7 heteroatoms. The first-order valence-electron chi connectivity index (χ1n) is 4.40. The highest BCUT2D eigenvalue weighted by Gasteiger charge is 2.28. The van der Waals surface area contributed by atoms with E-state index in [0.29, 0.717) is 0 Å². The zero-order valence-electron chi connectivity index (χ0n) is 8.17. The molecule has 1 aromatic heterocycles. The Kier molecular flexibility index (Phi) is 3.73. The van der Waals surface area contributed by atoms with E-state index in [1.54, 1.807) is 0 Å². The van der Waals surface area contributed by atoms with Crippen LogP contribution in [0.3, 0.4) is 0 Å². The second kappa shape index (κ2) is 4.84. The molecule has 88 valence electrons. The lowest BCUT2D eigenvalue weighted by atomic mass is 10.2. The molecule has 3 N–H and O–H groups in total. The highest BCUT2D eigenvalue weighted by atomic mass is 19.3. The average Bonchev–Trinajstić information content (AvgIpc) is 2.27. The highest BCUT2D eigenvalue weighted by Crippen LogP contribution is 2.09. The van der Waals surface area contributed by atoms with Crippen LogP contribution in [0, 0.1) is 0 Å². The summed E-state index contributed by atoms with van der Waals surface area (Å²) in [6, 6.07) is 2.32. The van der Waals surface area contributed by atoms with Crippen molar-refractivity contribution in [2.75, 3.05) is 13.2 Å². The molecule has 0 saturated heterocycles. The van der Waals surface area contributed by atoms with Gasteiger partial charge in [0.15, 0.2) is 0 Å². The predicted octanol–water partition coefficient (Wildman–Crippen LogP) is -0.268. The molecule has 0 aliphatic rings. The van der Waals surface area contributed by atoms with Gasteiger partial charge < -0.3 is 15.4 Å². The largest absolute Gasteiger partial charge is 0.390 e. The van der Waals surface area contributed by atoms with E-state index in [2.05, 4.69) is 4.98 Å². The van der Waals surface area contributed by atoms with Crippen LogP contribution in [-0.4, -0.2) is 35.1 Å². The van der Waals surface area contributed by atoms with E-state index in [1.165, 1.54) is 6.07 Å². The van der Waals surface area contributed by atoms with Crippen molar-refractivity contribution in [1.82, 2.24) is 10.3 Å². The number of rotatable bonds is 4. The second-order valence-corrected chi connectivity index (χ2v) is 3.14. The van der Waals surface area contributed by atoms with E-state index >= 15 is 0 Å². The van der Waals surface area contributed by atoms with E-state index in [9.17, 15) is 18.4 Å². The Balaban J connectivity index is 2.60. The van der Waals surface area contributed by atoms with Crippen LogP contribution >= 0.6 is 0 Å². The van der Waals surface area contributed by atoms with Gasteiger partial charge in [0.05, 0.1) is 12.1 Å². The summed E-state index contributed by atoms with van der Waals surface area (Å²) in [5.74, 6) is -4.10. The van der Waals surface area contributed by atoms with E-state index in [1.807, 2.05) is 5.32 Å². The number of aliphatic hydroxyl groups is 1. The van der Waals surface area contributed by atoms with Gasteiger partial charge in [0, 0.05) is 12.3 Å². The second-order valence-electron chi connectivity index (χ2n) is 3.14. The molecule has 1 rings (SSSR count). The zero-order chi connectivity index (χ0) is 12.2. The lowest BCUT2D eigenvalue weighted by Gasteiger charge is -2.13. The quantitative estimate of drug-likeness (QED) is 0.668. The van der Waals surface area contributed by atoms with Crippen LogP contribution < -0.4 is 10.9 Å². The van der Waals surface area contributed by atoms with Gasteiger partial charge in [0.2, 0.25) is 5.56 Å². The fourth-order valence-electron chi connectivity index (χ4n) is 0.919. The van der Waals surface area contributed by atoms with Crippen molar-refractivity contribution in [3.63, 3.8) is 0 Å². The van der Waals surface area contributed by atoms with Crippen molar-refractivity contribution >= 4 is 5.91 Å². The molecular formula is C9H10F2N2O3. The monoisotopic (exact) mass is 232 g/mol. The topological polar surface area (TPSA) is 82.2 Å². The Morgan fingerprint density at radius 3 is 2.69 bits per heavy atom. The van der Waals surface area contributed by atoms with Crippen molar-refractivity contribution in [3.05, 3.63) is 34.2 Å². The van der Waals surface area contributed by atoms with E-state index in [0.717, 1.165) is 12.3 Å². The molecule has 16 heavy (non-hydrogen) atoms. The molecule has 0 atom stereocenters. The van der Waals surface area contributed by atoms with Crippen LogP contribution in [0.4, 0.5) is 8.78 Å². The molecule has 0 aromatic carbocycles. The normalized spacial score (nSPS) is 11.2. The number of H-pyrrole nitrogens is 1. The lowest BCUT2D eigenvalue weighted by molar-refractivity contribution is -0.0462. The van der Waals surface area contributed by atoms with Crippen molar-refractivity contribution < 1.29 is 18.7 Å². The Bertz CT molecular complexity index is 411. The fourth-order valence-corrected chi connectivity index (χ4v) is 0.919. The number of hydrogen-bond acceptors (Lipinski definition) is 3. The minimum absolute atomic E-state index is 0.0633. The van der Waals surface area contributed by atoms with Crippen LogP contribution in [0.15, 0.2) is 23.1 Å². The van der Waals surface area contributed by atoms with E-state index < -0.39 is 30.5 Å². The third-order valence-corrected chi connectivity index (χ3v) is 1.79. The van der Waals surface area contributed by atoms with Gasteiger partial charge in [-0.2, -0.15) is 0 Å². The number of aromatic nitrogens is 1. The summed E-state index contributed by atoms with van der Waals surface area (Å²) in [7, 11) is 0. The minimum atomic E-state index is -3.35. The number of hydrogen-bond donors (Lipinski definition) is 3. The summed E-state index contributed by atoms with van der Waals surface area (Å²) in [6.45, 7) is -2.29. The van der Waals surface area contributed by atoms with Gasteiger partial charge in [-0.15, -0.1) is 0 Å². The van der Waals surface area contributed by atoms with Crippen LogP contribution in [-0.2, 0) is 0 Å². The predicted molar refractivity (Wildman–Crippen MR) is 51.4 cm³/mol. The van der Waals surface area contributed by atoms with Gasteiger partial charge >= 0.3 is 0 Å². The summed E-state index contributed by atoms with van der Waals surface area (Å²) in [5.41, 5.74) is -0.328. The van der Waals surface area contributed by atoms with Gasteiger partial charge in [-0.1, -0.05) is 0 Å². The van der Waals surface area contributed by atoms with Gasteiger partial charge in [-0.25, -0.2) is 8.78 Å². The number of alkyl halides is 2. The maximum absolute atomic E-state index is 12.6. The van der Waals surface area contributed by atoms with Crippen LogP contribution in [0.1, 0.15) is 10.4 Å². The number of nitrogens with one attached hydrogen (secondary N) is 2. The molecule has 0 fully saturated rings. The lowest BCUT2D eigenvalue weighted by Crippen LogP contribution is -2.39. The molecule has 0 spiro atoms. The van der Waals surface area contributed by atoms with Gasteiger partial charge in [-0.05, 0) is 6.07 Å². The van der Waals surface area contributed by atoms with Crippen LogP contribution in [0.2, 0.25) is 0 Å². The summed E-state index contributed by atoms with van der Waals surface area (Å²) < 4.78 is 25.1. The average molecular weight is 232 g/mol. The van der Waals surface area contributed by atoms with Crippen molar-refractivity contribution in [2.24, 2.45) is 0 Å². The van der Waals surface area contributed by atoms with Crippen molar-refractivity contribution in [2.45, 2.75) is 5.92 Å². The van der Waals surface area contributed by atoms with Gasteiger partial charge in [0.25, 0.3) is 11.8 Å². The number of aliphatic hydroxyl groups excluding tert-OH is 1. The number of carbonyl (C=O) groups excluding carboxylic acids is 1. The zero-order valence-corrected chi connectivity index (χ0v) is 8.17.